The molecule has 1 rings (SSSR count). The zero-order chi connectivity index (χ0) is 10.4. The summed E-state index contributed by atoms with van der Waals surface area (Å²) in [7, 11) is 0. The Morgan fingerprint density at radius 1 is 1.53 bits per heavy atom. The molecule has 0 radical (unpaired) electrons. The lowest BCUT2D eigenvalue weighted by Gasteiger charge is -2.30. The quantitative estimate of drug-likeness (QED) is 0.435. The van der Waals surface area contributed by atoms with Gasteiger partial charge in [-0.25, -0.2) is 0 Å². The number of carbonyl (C=O) groups excluding carboxylic acids is 1. The lowest BCUT2D eigenvalue weighted by molar-refractivity contribution is -0.147. The van der Waals surface area contributed by atoms with Crippen LogP contribution in [0.5, 0.6) is 0 Å². The van der Waals surface area contributed by atoms with E-state index in [1.165, 1.54) is 0 Å². The van der Waals surface area contributed by atoms with Crippen molar-refractivity contribution in [2.24, 2.45) is 0 Å². The number of carbonyl (C=O) groups is 1. The fourth-order valence-corrected chi connectivity index (χ4v) is 1.67. The molecule has 0 atom stereocenters. The zero-order valence-electron chi connectivity index (χ0n) is 8.65. The Morgan fingerprint density at radius 2 is 2.13 bits per heavy atom. The van der Waals surface area contributed by atoms with Gasteiger partial charge in [0.1, 0.15) is 12.0 Å². The van der Waals surface area contributed by atoms with Gasteiger partial charge in [-0.2, -0.15) is 0 Å². The minimum Gasteiger partial charge on any atom is -0.461 e. The fraction of sp³-hybridized carbons (Fsp3) is 0.700. The van der Waals surface area contributed by atoms with Crippen LogP contribution >= 0.6 is 24.0 Å². The second kappa shape index (κ2) is 7.97. The van der Waals surface area contributed by atoms with Gasteiger partial charge in [0.15, 0.2) is 0 Å². The maximum atomic E-state index is 10.9. The van der Waals surface area contributed by atoms with Crippen LogP contribution in [-0.2, 0) is 9.53 Å². The molecule has 0 aromatic carbocycles. The number of rotatable bonds is 4. The van der Waals surface area contributed by atoms with Gasteiger partial charge in [-0.15, -0.1) is 30.6 Å². The third-order valence-corrected chi connectivity index (χ3v) is 2.55. The Kier molecular flexibility index (Phi) is 7.83. The molecule has 5 heteroatoms. The first kappa shape index (κ1) is 14.8. The van der Waals surface area contributed by atoms with Gasteiger partial charge >= 0.3 is 5.97 Å². The van der Waals surface area contributed by atoms with E-state index in [0.717, 1.165) is 32.5 Å². The molecule has 15 heavy (non-hydrogen) atoms. The monoisotopic (exact) mass is 253 g/mol. The lowest BCUT2D eigenvalue weighted by Crippen LogP contribution is -2.37. The Bertz CT molecular complexity index is 204. The molecular formula is C10H17Cl2NO2. The van der Waals surface area contributed by atoms with Crippen LogP contribution < -0.4 is 0 Å². The molecule has 1 aliphatic rings. The summed E-state index contributed by atoms with van der Waals surface area (Å²) in [5.74, 6) is -0.360. The summed E-state index contributed by atoms with van der Waals surface area (Å²) in [5.41, 5.74) is 0. The van der Waals surface area contributed by atoms with Crippen molar-refractivity contribution in [3.05, 3.63) is 12.7 Å². The number of esters is 1. The maximum absolute atomic E-state index is 10.9. The standard InChI is InChI=1S/C10H16ClNO2.ClH/c1-2-5-12-6-3-9(4-7-12)14-10(13)8-11;/h2,9H,1,3-8H2;1H. The molecule has 0 aliphatic carbocycles. The number of alkyl halides is 1. The molecule has 0 N–H and O–H groups in total. The summed E-state index contributed by atoms with van der Waals surface area (Å²) < 4.78 is 5.14. The number of ether oxygens (including phenoxy) is 1. The minimum atomic E-state index is -0.311. The highest BCUT2D eigenvalue weighted by Crippen LogP contribution is 2.13. The summed E-state index contributed by atoms with van der Waals surface area (Å²) in [6.45, 7) is 6.53. The van der Waals surface area contributed by atoms with E-state index in [-0.39, 0.29) is 30.4 Å². The summed E-state index contributed by atoms with van der Waals surface area (Å²) in [4.78, 5) is 13.2. The van der Waals surface area contributed by atoms with Crippen LogP contribution in [-0.4, -0.2) is 42.5 Å². The van der Waals surface area contributed by atoms with E-state index in [9.17, 15) is 4.79 Å². The van der Waals surface area contributed by atoms with E-state index in [1.54, 1.807) is 0 Å². The third-order valence-electron chi connectivity index (χ3n) is 2.33. The van der Waals surface area contributed by atoms with Gasteiger partial charge in [0.25, 0.3) is 0 Å². The number of likely N-dealkylation sites (tertiary alicyclic amines) is 1. The molecular weight excluding hydrogens is 237 g/mol. The molecule has 0 aromatic rings. The minimum absolute atomic E-state index is 0. The van der Waals surface area contributed by atoms with Crippen molar-refractivity contribution in [1.82, 2.24) is 4.90 Å². The van der Waals surface area contributed by atoms with Crippen LogP contribution in [0.4, 0.5) is 0 Å². The molecule has 1 aliphatic heterocycles. The van der Waals surface area contributed by atoms with Gasteiger partial charge in [0, 0.05) is 19.6 Å². The predicted octanol–water partition coefficient (Wildman–Crippen LogP) is 1.84. The number of piperidine rings is 1. The van der Waals surface area contributed by atoms with Crippen molar-refractivity contribution in [2.75, 3.05) is 25.5 Å². The van der Waals surface area contributed by atoms with Gasteiger partial charge in [-0.1, -0.05) is 6.08 Å². The molecule has 0 unspecified atom stereocenters. The van der Waals surface area contributed by atoms with Crippen LogP contribution in [0.25, 0.3) is 0 Å². The molecule has 1 saturated heterocycles. The topological polar surface area (TPSA) is 29.5 Å². The molecule has 3 nitrogen and oxygen atoms in total. The maximum Gasteiger partial charge on any atom is 0.321 e. The first-order chi connectivity index (χ1) is 6.76. The molecule has 0 bridgehead atoms. The van der Waals surface area contributed by atoms with Crippen LogP contribution in [0.3, 0.4) is 0 Å². The van der Waals surface area contributed by atoms with Gasteiger partial charge in [-0.3, -0.25) is 9.69 Å². The predicted molar refractivity (Wildman–Crippen MR) is 63.7 cm³/mol. The van der Waals surface area contributed by atoms with Crippen molar-refractivity contribution in [3.8, 4) is 0 Å². The average Bonchev–Trinajstić information content (AvgIpc) is 2.21. The summed E-state index contributed by atoms with van der Waals surface area (Å²) in [5, 5.41) is 0. The molecule has 0 aromatic heterocycles. The summed E-state index contributed by atoms with van der Waals surface area (Å²) >= 11 is 5.35. The van der Waals surface area contributed by atoms with E-state index in [1.807, 2.05) is 6.08 Å². The van der Waals surface area contributed by atoms with Crippen LogP contribution in [0.1, 0.15) is 12.8 Å². The largest absolute Gasteiger partial charge is 0.461 e. The number of hydrogen-bond donors (Lipinski definition) is 0. The van der Waals surface area contributed by atoms with Crippen LogP contribution in [0.2, 0.25) is 0 Å². The lowest BCUT2D eigenvalue weighted by atomic mass is 10.1. The fourth-order valence-electron chi connectivity index (χ4n) is 1.61. The smallest absolute Gasteiger partial charge is 0.321 e. The zero-order valence-corrected chi connectivity index (χ0v) is 10.2. The highest BCUT2D eigenvalue weighted by Gasteiger charge is 2.20. The molecule has 1 fully saturated rings. The van der Waals surface area contributed by atoms with E-state index in [2.05, 4.69) is 11.5 Å². The van der Waals surface area contributed by atoms with Crippen molar-refractivity contribution < 1.29 is 9.53 Å². The highest BCUT2D eigenvalue weighted by molar-refractivity contribution is 6.26. The Balaban J connectivity index is 0.00000196. The van der Waals surface area contributed by atoms with Gasteiger partial charge in [-0.05, 0) is 12.8 Å². The van der Waals surface area contributed by atoms with E-state index < -0.39 is 0 Å². The van der Waals surface area contributed by atoms with E-state index in [0.29, 0.717) is 0 Å². The Labute approximate surface area is 102 Å². The normalized spacial score (nSPS) is 17.9. The Morgan fingerprint density at radius 3 is 2.60 bits per heavy atom. The number of hydrogen-bond acceptors (Lipinski definition) is 3. The molecule has 0 saturated carbocycles. The molecule has 0 spiro atoms. The molecule has 0 amide bonds. The first-order valence-electron chi connectivity index (χ1n) is 4.85. The molecule has 1 heterocycles. The summed E-state index contributed by atoms with van der Waals surface area (Å²) in [6.07, 6.45) is 3.75. The van der Waals surface area contributed by atoms with Crippen molar-refractivity contribution in [1.29, 1.82) is 0 Å². The Hall–Kier alpha value is -0.250. The third kappa shape index (κ3) is 5.40. The van der Waals surface area contributed by atoms with Crippen molar-refractivity contribution in [3.63, 3.8) is 0 Å². The van der Waals surface area contributed by atoms with Crippen molar-refractivity contribution in [2.45, 2.75) is 18.9 Å². The summed E-state index contributed by atoms with van der Waals surface area (Å²) in [6, 6.07) is 0. The second-order valence-electron chi connectivity index (χ2n) is 3.41. The highest BCUT2D eigenvalue weighted by atomic mass is 35.5. The number of halogens is 2. The van der Waals surface area contributed by atoms with Crippen LogP contribution in [0, 0.1) is 0 Å². The van der Waals surface area contributed by atoms with Gasteiger partial charge < -0.3 is 4.74 Å². The van der Waals surface area contributed by atoms with Crippen LogP contribution in [0.15, 0.2) is 12.7 Å². The van der Waals surface area contributed by atoms with E-state index >= 15 is 0 Å². The number of nitrogens with zero attached hydrogens (tertiary/aromatic N) is 1. The average molecular weight is 254 g/mol. The molecule has 88 valence electrons. The van der Waals surface area contributed by atoms with E-state index in [4.69, 9.17) is 16.3 Å². The second-order valence-corrected chi connectivity index (χ2v) is 3.68. The van der Waals surface area contributed by atoms with Crippen molar-refractivity contribution >= 4 is 30.0 Å². The SMILES string of the molecule is C=CCN1CCC(OC(=O)CCl)CC1.Cl. The first-order valence-corrected chi connectivity index (χ1v) is 5.38. The van der Waals surface area contributed by atoms with Gasteiger partial charge in [0.2, 0.25) is 0 Å². The van der Waals surface area contributed by atoms with Gasteiger partial charge in [0.05, 0.1) is 0 Å².